The molecule has 3 heterocycles. The normalized spacial score (nSPS) is 22.3. The van der Waals surface area contributed by atoms with Gasteiger partial charge in [-0.25, -0.2) is 4.98 Å². The second-order valence-corrected chi connectivity index (χ2v) is 7.77. The molecule has 1 aliphatic heterocycles. The van der Waals surface area contributed by atoms with Crippen molar-refractivity contribution in [3.63, 3.8) is 0 Å². The van der Waals surface area contributed by atoms with E-state index in [1.54, 1.807) is 18.7 Å². The summed E-state index contributed by atoms with van der Waals surface area (Å²) < 4.78 is 12.5. The third-order valence-corrected chi connectivity index (χ3v) is 5.82. The fourth-order valence-corrected chi connectivity index (χ4v) is 4.41. The number of hydrogen-bond donors (Lipinski definition) is 1. The van der Waals surface area contributed by atoms with E-state index in [0.717, 1.165) is 30.2 Å². The largest absolute Gasteiger partial charge is 0.497 e. The lowest BCUT2D eigenvalue weighted by molar-refractivity contribution is 0.181. The predicted molar refractivity (Wildman–Crippen MR) is 109 cm³/mol. The van der Waals surface area contributed by atoms with Crippen LogP contribution < -0.4 is 10.1 Å². The molecule has 8 heteroatoms. The number of likely N-dealkylation sites (tertiary alicyclic amines) is 1. The van der Waals surface area contributed by atoms with Crippen molar-refractivity contribution < 1.29 is 9.47 Å². The summed E-state index contributed by atoms with van der Waals surface area (Å²) in [5.74, 6) is 2.38. The van der Waals surface area contributed by atoms with Crippen LogP contribution in [0.1, 0.15) is 36.6 Å². The van der Waals surface area contributed by atoms with Gasteiger partial charge in [0.15, 0.2) is 0 Å². The van der Waals surface area contributed by atoms with Gasteiger partial charge in [-0.3, -0.25) is 4.90 Å². The molecule has 2 unspecified atom stereocenters. The van der Waals surface area contributed by atoms with Gasteiger partial charge in [-0.15, -0.1) is 0 Å². The smallest absolute Gasteiger partial charge is 0.254 e. The molecule has 0 spiro atoms. The van der Waals surface area contributed by atoms with Gasteiger partial charge < -0.3 is 14.8 Å². The molecule has 0 bridgehead atoms. The van der Waals surface area contributed by atoms with Crippen molar-refractivity contribution in [2.24, 2.45) is 0 Å². The van der Waals surface area contributed by atoms with Crippen LogP contribution in [0.4, 0.5) is 5.82 Å². The minimum Gasteiger partial charge on any atom is -0.497 e. The van der Waals surface area contributed by atoms with Crippen LogP contribution in [-0.4, -0.2) is 57.3 Å². The highest BCUT2D eigenvalue weighted by Crippen LogP contribution is 2.42. The van der Waals surface area contributed by atoms with E-state index >= 15 is 0 Å². The molecule has 0 amide bonds. The van der Waals surface area contributed by atoms with E-state index in [2.05, 4.69) is 43.5 Å². The Morgan fingerprint density at radius 1 is 1.17 bits per heavy atom. The monoisotopic (exact) mass is 394 g/mol. The molecule has 2 fully saturated rings. The summed E-state index contributed by atoms with van der Waals surface area (Å²) in [6.45, 7) is 1.52. The van der Waals surface area contributed by atoms with E-state index < -0.39 is 0 Å². The minimum absolute atomic E-state index is 0.257. The van der Waals surface area contributed by atoms with E-state index in [-0.39, 0.29) is 12.1 Å². The van der Waals surface area contributed by atoms with Gasteiger partial charge in [0, 0.05) is 31.8 Å². The zero-order valence-corrected chi connectivity index (χ0v) is 16.8. The van der Waals surface area contributed by atoms with Gasteiger partial charge in [0.25, 0.3) is 5.78 Å². The molecule has 152 valence electrons. The quantitative estimate of drug-likeness (QED) is 0.660. The summed E-state index contributed by atoms with van der Waals surface area (Å²) in [4.78, 5) is 11.4. The van der Waals surface area contributed by atoms with E-state index in [9.17, 15) is 0 Å². The number of methoxy groups -OCH3 is 2. The maximum absolute atomic E-state index is 5.49. The second kappa shape index (κ2) is 7.61. The van der Waals surface area contributed by atoms with Crippen LogP contribution in [0.15, 0.2) is 36.7 Å². The minimum atomic E-state index is 0.257. The Balaban J connectivity index is 1.49. The summed E-state index contributed by atoms with van der Waals surface area (Å²) in [7, 11) is 3.39. The molecule has 2 aliphatic rings. The van der Waals surface area contributed by atoms with Crippen molar-refractivity contribution in [1.82, 2.24) is 24.5 Å². The molecule has 1 aromatic carbocycles. The Bertz CT molecular complexity index is 1000. The molecule has 8 nitrogen and oxygen atoms in total. The highest BCUT2D eigenvalue weighted by Gasteiger charge is 2.43. The first-order valence-corrected chi connectivity index (χ1v) is 10.1. The van der Waals surface area contributed by atoms with Crippen LogP contribution in [0.5, 0.6) is 5.75 Å². The standard InChI is InChI=1S/C21H26N6O2/c1-28-12-15-11-19(27-21(24-15)22-13-23-27)25-18-8-9-26(16-6-7-16)20(18)14-4-3-5-17(10-14)29-2/h3-5,10-11,13,16,18,20,25H,6-9,12H2,1-2H3. The average molecular weight is 394 g/mol. The number of hydrogen-bond acceptors (Lipinski definition) is 7. The molecule has 1 saturated heterocycles. The molecule has 2 aromatic heterocycles. The van der Waals surface area contributed by atoms with E-state index in [1.807, 2.05) is 12.1 Å². The van der Waals surface area contributed by atoms with Crippen molar-refractivity contribution in [2.75, 3.05) is 26.1 Å². The Hall–Kier alpha value is -2.71. The number of fused-ring (bicyclic) bond motifs is 1. The molecule has 1 saturated carbocycles. The SMILES string of the molecule is COCc1cc(NC2CCN(C3CC3)C2c2cccc(OC)c2)n2ncnc2n1. The lowest BCUT2D eigenvalue weighted by Gasteiger charge is -2.30. The maximum atomic E-state index is 5.49. The average Bonchev–Trinajstić information content (AvgIpc) is 3.32. The van der Waals surface area contributed by atoms with Crippen molar-refractivity contribution in [2.45, 2.75) is 44.0 Å². The summed E-state index contributed by atoms with van der Waals surface area (Å²) in [6, 6.07) is 11.7. The molecule has 2 atom stereocenters. The van der Waals surface area contributed by atoms with Gasteiger partial charge in [0.1, 0.15) is 17.9 Å². The van der Waals surface area contributed by atoms with Crippen LogP contribution in [0.3, 0.4) is 0 Å². The third kappa shape index (κ3) is 3.54. The molecule has 5 rings (SSSR count). The molecule has 1 N–H and O–H groups in total. The fourth-order valence-electron chi connectivity index (χ4n) is 4.41. The highest BCUT2D eigenvalue weighted by atomic mass is 16.5. The van der Waals surface area contributed by atoms with E-state index in [0.29, 0.717) is 18.4 Å². The van der Waals surface area contributed by atoms with E-state index in [1.165, 1.54) is 24.7 Å². The van der Waals surface area contributed by atoms with Crippen LogP contribution in [0, 0.1) is 0 Å². The first-order chi connectivity index (χ1) is 14.3. The van der Waals surface area contributed by atoms with Crippen molar-refractivity contribution in [3.8, 4) is 5.75 Å². The van der Waals surface area contributed by atoms with Crippen LogP contribution in [0.2, 0.25) is 0 Å². The predicted octanol–water partition coefficient (Wildman–Crippen LogP) is 2.67. The van der Waals surface area contributed by atoms with Gasteiger partial charge >= 0.3 is 0 Å². The van der Waals surface area contributed by atoms with Crippen LogP contribution >= 0.6 is 0 Å². The lowest BCUT2D eigenvalue weighted by Crippen LogP contribution is -2.33. The molecule has 3 aromatic rings. The zero-order valence-electron chi connectivity index (χ0n) is 16.8. The Morgan fingerprint density at radius 3 is 2.86 bits per heavy atom. The Labute approximate surface area is 169 Å². The maximum Gasteiger partial charge on any atom is 0.254 e. The summed E-state index contributed by atoms with van der Waals surface area (Å²) in [5, 5.41) is 8.11. The number of benzene rings is 1. The summed E-state index contributed by atoms with van der Waals surface area (Å²) in [6.07, 6.45) is 5.17. The molecular formula is C21H26N6O2. The highest BCUT2D eigenvalue weighted by molar-refractivity contribution is 5.47. The number of aromatic nitrogens is 4. The van der Waals surface area contributed by atoms with Crippen molar-refractivity contribution >= 4 is 11.6 Å². The summed E-state index contributed by atoms with van der Waals surface area (Å²) in [5.41, 5.74) is 2.12. The van der Waals surface area contributed by atoms with Crippen LogP contribution in [-0.2, 0) is 11.3 Å². The molecule has 0 radical (unpaired) electrons. The fraction of sp³-hybridized carbons (Fsp3) is 0.476. The first-order valence-electron chi connectivity index (χ1n) is 10.1. The van der Waals surface area contributed by atoms with Crippen molar-refractivity contribution in [3.05, 3.63) is 47.9 Å². The molecular weight excluding hydrogens is 368 g/mol. The zero-order chi connectivity index (χ0) is 19.8. The molecule has 1 aliphatic carbocycles. The van der Waals surface area contributed by atoms with Crippen molar-refractivity contribution in [1.29, 1.82) is 0 Å². The number of anilines is 1. The van der Waals surface area contributed by atoms with E-state index in [4.69, 9.17) is 9.47 Å². The van der Waals surface area contributed by atoms with Crippen LogP contribution in [0.25, 0.3) is 5.78 Å². The number of ether oxygens (including phenoxy) is 2. The third-order valence-electron chi connectivity index (χ3n) is 5.82. The number of nitrogens with one attached hydrogen (secondary N) is 1. The van der Waals surface area contributed by atoms with Gasteiger partial charge in [-0.2, -0.15) is 14.6 Å². The summed E-state index contributed by atoms with van der Waals surface area (Å²) >= 11 is 0. The topological polar surface area (TPSA) is 76.8 Å². The second-order valence-electron chi connectivity index (χ2n) is 7.77. The van der Waals surface area contributed by atoms with Gasteiger partial charge in [0.05, 0.1) is 25.5 Å². The first kappa shape index (κ1) is 18.3. The number of rotatable bonds is 7. The van der Waals surface area contributed by atoms with Gasteiger partial charge in [-0.05, 0) is 37.0 Å². The van der Waals surface area contributed by atoms with Gasteiger partial charge in [0.2, 0.25) is 0 Å². The van der Waals surface area contributed by atoms with Gasteiger partial charge in [-0.1, -0.05) is 12.1 Å². The number of nitrogens with zero attached hydrogens (tertiary/aromatic N) is 5. The molecule has 29 heavy (non-hydrogen) atoms. The Morgan fingerprint density at radius 2 is 2.07 bits per heavy atom. The Kier molecular flexibility index (Phi) is 4.81. The lowest BCUT2D eigenvalue weighted by atomic mass is 9.99.